The maximum atomic E-state index is 13.1. The van der Waals surface area contributed by atoms with Gasteiger partial charge in [-0.05, 0) is 43.1 Å². The van der Waals surface area contributed by atoms with Crippen molar-refractivity contribution in [3.8, 4) is 0 Å². The summed E-state index contributed by atoms with van der Waals surface area (Å²) < 4.78 is 5.93. The summed E-state index contributed by atoms with van der Waals surface area (Å²) in [4.78, 5) is 15.2. The molecule has 0 radical (unpaired) electrons. The minimum atomic E-state index is 0. The number of amides is 1. The Morgan fingerprint density at radius 2 is 1.85 bits per heavy atom. The highest BCUT2D eigenvalue weighted by Crippen LogP contribution is 2.42. The van der Waals surface area contributed by atoms with Crippen LogP contribution in [0.1, 0.15) is 37.7 Å². The molecule has 2 N–H and O–H groups in total. The van der Waals surface area contributed by atoms with Crippen LogP contribution < -0.4 is 5.73 Å². The second-order valence-corrected chi connectivity index (χ2v) is 8.16. The minimum Gasteiger partial charge on any atom is -0.374 e. The number of nitrogens with two attached hydrogens (primary N) is 1. The number of benzene rings is 1. The molecule has 2 bridgehead atoms. The molecule has 1 heterocycles. The van der Waals surface area contributed by atoms with E-state index in [9.17, 15) is 4.79 Å². The van der Waals surface area contributed by atoms with Gasteiger partial charge in [-0.25, -0.2) is 0 Å². The molecule has 1 amide bonds. The van der Waals surface area contributed by atoms with Gasteiger partial charge in [0.2, 0.25) is 5.91 Å². The first-order valence-corrected chi connectivity index (χ1v) is 9.90. The summed E-state index contributed by atoms with van der Waals surface area (Å²) >= 11 is 0. The Balaban J connectivity index is 0.00000196. The van der Waals surface area contributed by atoms with E-state index in [1.54, 1.807) is 0 Å². The third-order valence-corrected chi connectivity index (χ3v) is 6.52. The van der Waals surface area contributed by atoms with Gasteiger partial charge in [0.1, 0.15) is 0 Å². The number of hydrogen-bond donors (Lipinski definition) is 1. The summed E-state index contributed by atoms with van der Waals surface area (Å²) in [7, 11) is 0. The fraction of sp³-hybridized carbons (Fsp3) is 0.667. The summed E-state index contributed by atoms with van der Waals surface area (Å²) in [5.41, 5.74) is 7.67. The number of nitrogens with zero attached hydrogens (tertiary/aromatic N) is 1. The van der Waals surface area contributed by atoms with E-state index in [1.165, 1.54) is 24.8 Å². The molecule has 4 nitrogen and oxygen atoms in total. The van der Waals surface area contributed by atoms with Gasteiger partial charge in [0.25, 0.3) is 0 Å². The van der Waals surface area contributed by atoms with E-state index in [0.717, 1.165) is 32.4 Å². The molecule has 26 heavy (non-hydrogen) atoms. The first kappa shape index (κ1) is 19.7. The van der Waals surface area contributed by atoms with E-state index in [4.69, 9.17) is 10.5 Å². The van der Waals surface area contributed by atoms with Gasteiger partial charge in [-0.2, -0.15) is 0 Å². The van der Waals surface area contributed by atoms with Crippen LogP contribution in [-0.4, -0.2) is 42.6 Å². The molecule has 0 aromatic heterocycles. The second-order valence-electron chi connectivity index (χ2n) is 8.16. The molecule has 3 unspecified atom stereocenters. The van der Waals surface area contributed by atoms with Crippen LogP contribution in [0, 0.1) is 17.8 Å². The highest BCUT2D eigenvalue weighted by atomic mass is 35.5. The standard InChI is InChI=1S/C21H30N2O2.ClH/c22-20-16-7-4-8-17(20)13-18(12-16)21(24)23-9-10-25-19(14-23)11-15-5-2-1-3-6-15;/h1-3,5-6,16-20H,4,7-14,22H2;1H. The van der Waals surface area contributed by atoms with E-state index in [2.05, 4.69) is 29.2 Å². The molecule has 4 rings (SSSR count). The molecular weight excluding hydrogens is 348 g/mol. The van der Waals surface area contributed by atoms with Gasteiger partial charge in [0, 0.05) is 31.5 Å². The Hall–Kier alpha value is -1.10. The molecule has 3 fully saturated rings. The third kappa shape index (κ3) is 4.24. The van der Waals surface area contributed by atoms with Gasteiger partial charge in [-0.3, -0.25) is 4.79 Å². The summed E-state index contributed by atoms with van der Waals surface area (Å²) in [6.45, 7) is 2.12. The lowest BCUT2D eigenvalue weighted by Gasteiger charge is -2.45. The summed E-state index contributed by atoms with van der Waals surface area (Å²) in [6.07, 6.45) is 6.70. The van der Waals surface area contributed by atoms with Crippen molar-refractivity contribution in [2.45, 2.75) is 50.7 Å². The largest absolute Gasteiger partial charge is 0.374 e. The Labute approximate surface area is 162 Å². The normalized spacial score (nSPS) is 34.0. The van der Waals surface area contributed by atoms with Crippen LogP contribution >= 0.6 is 12.4 Å². The van der Waals surface area contributed by atoms with Crippen molar-refractivity contribution in [1.29, 1.82) is 0 Å². The van der Waals surface area contributed by atoms with Crippen LogP contribution in [-0.2, 0) is 16.0 Å². The van der Waals surface area contributed by atoms with Gasteiger partial charge in [-0.1, -0.05) is 36.8 Å². The lowest BCUT2D eigenvalue weighted by Crippen LogP contribution is -2.52. The number of ether oxygens (including phenoxy) is 1. The zero-order valence-electron chi connectivity index (χ0n) is 15.4. The molecule has 2 saturated carbocycles. The quantitative estimate of drug-likeness (QED) is 0.879. The monoisotopic (exact) mass is 378 g/mol. The van der Waals surface area contributed by atoms with Crippen molar-refractivity contribution in [1.82, 2.24) is 4.90 Å². The van der Waals surface area contributed by atoms with E-state index >= 15 is 0 Å². The van der Waals surface area contributed by atoms with Crippen LogP contribution in [0.25, 0.3) is 0 Å². The van der Waals surface area contributed by atoms with Crippen LogP contribution in [0.15, 0.2) is 30.3 Å². The number of fused-ring (bicyclic) bond motifs is 2. The van der Waals surface area contributed by atoms with Crippen LogP contribution in [0.5, 0.6) is 0 Å². The van der Waals surface area contributed by atoms with Gasteiger partial charge in [0.15, 0.2) is 0 Å². The molecular formula is C21H31ClN2O2. The third-order valence-electron chi connectivity index (χ3n) is 6.52. The first-order valence-electron chi connectivity index (χ1n) is 9.90. The molecule has 1 aliphatic heterocycles. The summed E-state index contributed by atoms with van der Waals surface area (Å²) in [5.74, 6) is 1.65. The van der Waals surface area contributed by atoms with E-state index < -0.39 is 0 Å². The zero-order valence-corrected chi connectivity index (χ0v) is 16.2. The number of carbonyl (C=O) groups is 1. The molecule has 3 atom stereocenters. The molecule has 144 valence electrons. The van der Waals surface area contributed by atoms with Crippen molar-refractivity contribution < 1.29 is 9.53 Å². The minimum absolute atomic E-state index is 0. The van der Waals surface area contributed by atoms with Gasteiger partial charge in [-0.15, -0.1) is 12.4 Å². The van der Waals surface area contributed by atoms with Gasteiger partial charge >= 0.3 is 0 Å². The van der Waals surface area contributed by atoms with Crippen LogP contribution in [0.3, 0.4) is 0 Å². The topological polar surface area (TPSA) is 55.6 Å². The number of morpholine rings is 1. The van der Waals surface area contributed by atoms with Crippen molar-refractivity contribution >= 4 is 18.3 Å². The van der Waals surface area contributed by atoms with Gasteiger partial charge in [0.05, 0.1) is 12.7 Å². The number of halogens is 1. The highest BCUT2D eigenvalue weighted by Gasteiger charge is 2.42. The number of hydrogen-bond acceptors (Lipinski definition) is 3. The van der Waals surface area contributed by atoms with Crippen molar-refractivity contribution in [3.05, 3.63) is 35.9 Å². The second kappa shape index (κ2) is 8.73. The maximum absolute atomic E-state index is 13.1. The summed E-state index contributed by atoms with van der Waals surface area (Å²) in [6, 6.07) is 10.7. The molecule has 3 aliphatic rings. The molecule has 1 saturated heterocycles. The smallest absolute Gasteiger partial charge is 0.225 e. The van der Waals surface area contributed by atoms with Crippen molar-refractivity contribution in [2.75, 3.05) is 19.7 Å². The molecule has 1 aromatic carbocycles. The van der Waals surface area contributed by atoms with E-state index in [-0.39, 0.29) is 24.4 Å². The van der Waals surface area contributed by atoms with E-state index in [1.807, 2.05) is 6.07 Å². The highest BCUT2D eigenvalue weighted by molar-refractivity contribution is 5.85. The lowest BCUT2D eigenvalue weighted by molar-refractivity contribution is -0.146. The van der Waals surface area contributed by atoms with Crippen molar-refractivity contribution in [2.24, 2.45) is 23.5 Å². The molecule has 0 spiro atoms. The van der Waals surface area contributed by atoms with Gasteiger partial charge < -0.3 is 15.4 Å². The fourth-order valence-electron chi connectivity index (χ4n) is 5.17. The van der Waals surface area contributed by atoms with E-state index in [0.29, 0.717) is 30.4 Å². The van der Waals surface area contributed by atoms with Crippen molar-refractivity contribution in [3.63, 3.8) is 0 Å². The number of rotatable bonds is 3. The Bertz CT molecular complexity index is 583. The van der Waals surface area contributed by atoms with Crippen LogP contribution in [0.2, 0.25) is 0 Å². The molecule has 1 aromatic rings. The predicted octanol–water partition coefficient (Wildman–Crippen LogP) is 3.03. The molecule has 2 aliphatic carbocycles. The lowest BCUT2D eigenvalue weighted by atomic mass is 9.65. The zero-order chi connectivity index (χ0) is 17.2. The Morgan fingerprint density at radius 3 is 2.54 bits per heavy atom. The average molecular weight is 379 g/mol. The Kier molecular flexibility index (Phi) is 6.60. The fourth-order valence-corrected chi connectivity index (χ4v) is 5.17. The summed E-state index contributed by atoms with van der Waals surface area (Å²) in [5, 5.41) is 0. The predicted molar refractivity (Wildman–Crippen MR) is 105 cm³/mol. The SMILES string of the molecule is Cl.NC1C2CCCC1CC(C(=O)N1CCOC(Cc3ccccc3)C1)C2. The van der Waals surface area contributed by atoms with Crippen LogP contribution in [0.4, 0.5) is 0 Å². The Morgan fingerprint density at radius 1 is 1.15 bits per heavy atom. The number of carbonyl (C=O) groups excluding carboxylic acids is 1. The maximum Gasteiger partial charge on any atom is 0.225 e. The average Bonchev–Trinajstić information content (AvgIpc) is 2.62. The first-order chi connectivity index (χ1) is 12.2. The molecule has 5 heteroatoms.